The van der Waals surface area contributed by atoms with Crippen molar-refractivity contribution in [2.45, 2.75) is 24.0 Å². The molecule has 6 rings (SSSR count). The smallest absolute Gasteiger partial charge is 0.120 e. The lowest BCUT2D eigenvalue weighted by Gasteiger charge is -2.30. The molecule has 0 unspecified atom stereocenters. The van der Waals surface area contributed by atoms with Crippen molar-refractivity contribution in [2.24, 2.45) is 10.2 Å². The van der Waals surface area contributed by atoms with E-state index in [2.05, 4.69) is 0 Å². The molecule has 0 spiro atoms. The quantitative estimate of drug-likeness (QED) is 0.116. The van der Waals surface area contributed by atoms with Gasteiger partial charge in [0.2, 0.25) is 0 Å². The average Bonchev–Trinajstić information content (AvgIpc) is 3.14. The highest BCUT2D eigenvalue weighted by atomic mass is 16.3. The summed E-state index contributed by atoms with van der Waals surface area (Å²) < 4.78 is 0. The Labute approximate surface area is 270 Å². The van der Waals surface area contributed by atoms with Gasteiger partial charge in [-0.3, -0.25) is 0 Å². The van der Waals surface area contributed by atoms with Gasteiger partial charge in [-0.05, 0) is 33.4 Å². The Morgan fingerprint density at radius 1 is 0.348 bits per heavy atom. The van der Waals surface area contributed by atoms with Crippen LogP contribution in [0.4, 0.5) is 0 Å². The lowest BCUT2D eigenvalue weighted by Crippen LogP contribution is -2.31. The summed E-state index contributed by atoms with van der Waals surface area (Å²) in [5.41, 5.74) is 3.26. The molecule has 46 heavy (non-hydrogen) atoms. The number of hydrogen-bond donors (Lipinski definition) is 2. The van der Waals surface area contributed by atoms with E-state index in [4.69, 9.17) is 10.2 Å². The Hall–Kier alpha value is -5.42. The second kappa shape index (κ2) is 14.1. The van der Waals surface area contributed by atoms with Crippen LogP contribution in [0.2, 0.25) is 0 Å². The predicted molar refractivity (Wildman–Crippen MR) is 187 cm³/mol. The third-order valence-corrected chi connectivity index (χ3v) is 8.36. The van der Waals surface area contributed by atoms with Crippen LogP contribution in [0, 0.1) is 0 Å². The van der Waals surface area contributed by atoms with E-state index in [1.54, 1.807) is 0 Å². The molecule has 0 saturated carbocycles. The highest BCUT2D eigenvalue weighted by Gasteiger charge is 2.35. The fourth-order valence-corrected chi connectivity index (χ4v) is 5.85. The SMILES string of the molecule is OC(C/C(=N\N=C(/CC(O)(c1ccccc1)c1ccccc1)c1ccccc1)c1ccccc1)(c1ccccc1)c1ccccc1. The van der Waals surface area contributed by atoms with Crippen molar-refractivity contribution in [3.05, 3.63) is 215 Å². The van der Waals surface area contributed by atoms with Crippen molar-refractivity contribution in [1.82, 2.24) is 0 Å². The predicted octanol–water partition coefficient (Wildman–Crippen LogP) is 8.53. The summed E-state index contributed by atoms with van der Waals surface area (Å²) in [5, 5.41) is 34.8. The van der Waals surface area contributed by atoms with Gasteiger partial charge in [-0.1, -0.05) is 182 Å². The van der Waals surface area contributed by atoms with Crippen LogP contribution < -0.4 is 0 Å². The van der Waals surface area contributed by atoms with E-state index in [1.807, 2.05) is 182 Å². The maximum atomic E-state index is 12.5. The molecule has 0 heterocycles. The lowest BCUT2D eigenvalue weighted by atomic mass is 9.81. The van der Waals surface area contributed by atoms with E-state index < -0.39 is 11.2 Å². The van der Waals surface area contributed by atoms with Gasteiger partial charge in [0.1, 0.15) is 11.2 Å². The van der Waals surface area contributed by atoms with Crippen LogP contribution in [0.25, 0.3) is 0 Å². The molecule has 0 radical (unpaired) electrons. The van der Waals surface area contributed by atoms with Crippen molar-refractivity contribution in [1.29, 1.82) is 0 Å². The Bertz CT molecular complexity index is 1650. The summed E-state index contributed by atoms with van der Waals surface area (Å²) in [5.74, 6) is 0. The number of hydrogen-bond acceptors (Lipinski definition) is 4. The molecular weight excluding hydrogens is 564 g/mol. The first-order valence-corrected chi connectivity index (χ1v) is 15.5. The van der Waals surface area contributed by atoms with Gasteiger partial charge in [-0.25, -0.2) is 0 Å². The van der Waals surface area contributed by atoms with Gasteiger partial charge in [0.15, 0.2) is 0 Å². The summed E-state index contributed by atoms with van der Waals surface area (Å²) in [4.78, 5) is 0. The molecule has 0 atom stereocenters. The summed E-state index contributed by atoms with van der Waals surface area (Å²) >= 11 is 0. The topological polar surface area (TPSA) is 65.2 Å². The monoisotopic (exact) mass is 600 g/mol. The zero-order valence-corrected chi connectivity index (χ0v) is 25.5. The molecule has 0 aliphatic rings. The molecular formula is C42H36N2O2. The van der Waals surface area contributed by atoms with Crippen molar-refractivity contribution in [2.75, 3.05) is 0 Å². The van der Waals surface area contributed by atoms with Gasteiger partial charge in [0.05, 0.1) is 11.4 Å². The van der Waals surface area contributed by atoms with Crippen molar-refractivity contribution < 1.29 is 10.2 Å². The number of rotatable bonds is 11. The zero-order chi connectivity index (χ0) is 31.7. The van der Waals surface area contributed by atoms with Crippen LogP contribution >= 0.6 is 0 Å². The average molecular weight is 601 g/mol. The maximum Gasteiger partial charge on any atom is 0.120 e. The van der Waals surface area contributed by atoms with Gasteiger partial charge >= 0.3 is 0 Å². The van der Waals surface area contributed by atoms with E-state index in [0.29, 0.717) is 11.4 Å². The molecule has 6 aromatic carbocycles. The Morgan fingerprint density at radius 3 is 0.804 bits per heavy atom. The van der Waals surface area contributed by atoms with Gasteiger partial charge in [0.25, 0.3) is 0 Å². The zero-order valence-electron chi connectivity index (χ0n) is 25.5. The molecule has 0 aliphatic carbocycles. The Morgan fingerprint density at radius 2 is 0.565 bits per heavy atom. The normalized spacial score (nSPS) is 12.6. The first-order valence-electron chi connectivity index (χ1n) is 15.5. The fourth-order valence-electron chi connectivity index (χ4n) is 5.85. The first-order chi connectivity index (χ1) is 22.6. The number of benzene rings is 6. The number of nitrogens with zero attached hydrogens (tertiary/aromatic N) is 2. The molecule has 0 aromatic heterocycles. The van der Waals surface area contributed by atoms with Crippen LogP contribution in [-0.2, 0) is 11.2 Å². The molecule has 226 valence electrons. The third-order valence-electron chi connectivity index (χ3n) is 8.36. The summed E-state index contributed by atoms with van der Waals surface area (Å²) in [6.07, 6.45) is 0.358. The van der Waals surface area contributed by atoms with Crippen LogP contribution in [0.5, 0.6) is 0 Å². The fraction of sp³-hybridized carbons (Fsp3) is 0.0952. The summed E-state index contributed by atoms with van der Waals surface area (Å²) in [7, 11) is 0. The van der Waals surface area contributed by atoms with E-state index in [9.17, 15) is 10.2 Å². The van der Waals surface area contributed by atoms with Gasteiger partial charge in [-0.15, -0.1) is 0 Å². The molecule has 0 fully saturated rings. The number of aliphatic hydroxyl groups is 2. The van der Waals surface area contributed by atoms with Crippen LogP contribution in [-0.4, -0.2) is 21.6 Å². The van der Waals surface area contributed by atoms with Crippen molar-refractivity contribution >= 4 is 11.4 Å². The Balaban J connectivity index is 1.50. The first kappa shape index (κ1) is 30.6. The maximum absolute atomic E-state index is 12.5. The highest BCUT2D eigenvalue weighted by Crippen LogP contribution is 2.36. The van der Waals surface area contributed by atoms with E-state index in [-0.39, 0.29) is 12.8 Å². The van der Waals surface area contributed by atoms with Crippen molar-refractivity contribution in [3.8, 4) is 0 Å². The van der Waals surface area contributed by atoms with Crippen LogP contribution in [0.3, 0.4) is 0 Å². The van der Waals surface area contributed by atoms with Crippen LogP contribution in [0.15, 0.2) is 192 Å². The standard InChI is InChI=1S/C42H36N2O2/c45-41(35-23-11-3-12-24-35,36-25-13-4-14-26-36)31-39(33-19-7-1-8-20-33)43-44-40(34-21-9-2-10-22-34)32-42(46,37-27-15-5-16-28-37)38-29-17-6-18-30-38/h1-30,45-46H,31-32H2/b43-39+,44-40+. The molecule has 6 aromatic rings. The van der Waals surface area contributed by atoms with E-state index in [0.717, 1.165) is 33.4 Å². The third kappa shape index (κ3) is 6.79. The van der Waals surface area contributed by atoms with Gasteiger partial charge in [0, 0.05) is 12.8 Å². The van der Waals surface area contributed by atoms with Crippen molar-refractivity contribution in [3.63, 3.8) is 0 Å². The lowest BCUT2D eigenvalue weighted by molar-refractivity contribution is 0.0882. The van der Waals surface area contributed by atoms with Gasteiger partial charge < -0.3 is 10.2 Å². The molecule has 0 aliphatic heterocycles. The minimum atomic E-state index is -1.37. The van der Waals surface area contributed by atoms with Crippen LogP contribution in [0.1, 0.15) is 46.2 Å². The molecule has 0 amide bonds. The van der Waals surface area contributed by atoms with E-state index in [1.165, 1.54) is 0 Å². The summed E-state index contributed by atoms with van der Waals surface area (Å²) in [6.45, 7) is 0. The molecule has 0 bridgehead atoms. The summed E-state index contributed by atoms with van der Waals surface area (Å²) in [6, 6.07) is 58.4. The minimum absolute atomic E-state index is 0.179. The second-order valence-corrected chi connectivity index (χ2v) is 11.4. The second-order valence-electron chi connectivity index (χ2n) is 11.4. The molecule has 4 nitrogen and oxygen atoms in total. The minimum Gasteiger partial charge on any atom is -0.380 e. The largest absolute Gasteiger partial charge is 0.380 e. The van der Waals surface area contributed by atoms with E-state index >= 15 is 0 Å². The Kier molecular flexibility index (Phi) is 9.40. The highest BCUT2D eigenvalue weighted by molar-refractivity contribution is 6.04. The molecule has 2 N–H and O–H groups in total. The molecule has 4 heteroatoms. The van der Waals surface area contributed by atoms with Gasteiger partial charge in [-0.2, -0.15) is 10.2 Å². The molecule has 0 saturated heterocycles.